The molecule has 1 heterocycles. The van der Waals surface area contributed by atoms with E-state index in [-0.39, 0.29) is 6.04 Å². The average Bonchev–Trinajstić information content (AvgIpc) is 2.34. The van der Waals surface area contributed by atoms with Gasteiger partial charge in [-0.2, -0.15) is 0 Å². The van der Waals surface area contributed by atoms with Crippen LogP contribution in [0.4, 0.5) is 0 Å². The maximum Gasteiger partial charge on any atom is 0.167 e. The first-order chi connectivity index (χ1) is 4.75. The molecule has 0 aliphatic carbocycles. The molecule has 0 fully saturated rings. The Balaban J connectivity index is 2.82. The van der Waals surface area contributed by atoms with Crippen molar-refractivity contribution in [2.45, 2.75) is 19.4 Å². The highest BCUT2D eigenvalue weighted by Crippen LogP contribution is 2.06. The van der Waals surface area contributed by atoms with Crippen molar-refractivity contribution in [2.24, 2.45) is 12.8 Å². The van der Waals surface area contributed by atoms with Crippen LogP contribution in [0.2, 0.25) is 0 Å². The van der Waals surface area contributed by atoms with Crippen molar-refractivity contribution in [3.05, 3.63) is 5.82 Å². The molecule has 2 N–H and O–H groups in total. The van der Waals surface area contributed by atoms with Crippen LogP contribution in [0, 0.1) is 0 Å². The van der Waals surface area contributed by atoms with Crippen LogP contribution in [0.1, 0.15) is 25.2 Å². The molecule has 1 unspecified atom stereocenters. The Kier molecular flexibility index (Phi) is 1.96. The van der Waals surface area contributed by atoms with E-state index in [2.05, 4.69) is 15.5 Å². The molecule has 1 rings (SSSR count). The van der Waals surface area contributed by atoms with Crippen LogP contribution in [0.25, 0.3) is 0 Å². The maximum absolute atomic E-state index is 5.68. The molecule has 0 aliphatic rings. The third-order valence-electron chi connectivity index (χ3n) is 1.42. The predicted octanol–water partition coefficient (Wildman–Crippen LogP) is -0.380. The molecule has 1 atom stereocenters. The van der Waals surface area contributed by atoms with Crippen molar-refractivity contribution in [1.29, 1.82) is 0 Å². The van der Waals surface area contributed by atoms with Gasteiger partial charge in [-0.3, -0.25) is 0 Å². The minimum absolute atomic E-state index is 0.0417. The van der Waals surface area contributed by atoms with Gasteiger partial charge < -0.3 is 5.73 Å². The Morgan fingerprint density at radius 1 is 1.70 bits per heavy atom. The number of nitrogens with two attached hydrogens (primary N) is 1. The van der Waals surface area contributed by atoms with Crippen molar-refractivity contribution in [3.8, 4) is 0 Å². The fraction of sp³-hybridized carbons (Fsp3) is 0.800. The second-order valence-electron chi connectivity index (χ2n) is 2.18. The van der Waals surface area contributed by atoms with Crippen LogP contribution < -0.4 is 5.73 Å². The van der Waals surface area contributed by atoms with Gasteiger partial charge in [0.05, 0.1) is 6.04 Å². The topological polar surface area (TPSA) is 69.6 Å². The highest BCUT2D eigenvalue weighted by molar-refractivity contribution is 4.87. The smallest absolute Gasteiger partial charge is 0.167 e. The highest BCUT2D eigenvalue weighted by atomic mass is 15.5. The van der Waals surface area contributed by atoms with Crippen LogP contribution in [0.15, 0.2) is 0 Å². The second kappa shape index (κ2) is 2.74. The molecule has 5 nitrogen and oxygen atoms in total. The van der Waals surface area contributed by atoms with Crippen molar-refractivity contribution >= 4 is 0 Å². The van der Waals surface area contributed by atoms with Gasteiger partial charge in [0.2, 0.25) is 0 Å². The molecular weight excluding hydrogens is 130 g/mol. The monoisotopic (exact) mass is 141 g/mol. The lowest BCUT2D eigenvalue weighted by Crippen LogP contribution is -2.14. The van der Waals surface area contributed by atoms with Gasteiger partial charge in [0.25, 0.3) is 0 Å². The molecule has 0 amide bonds. The Bertz CT molecular complexity index is 206. The number of aryl methyl sites for hydroxylation is 1. The molecule has 5 heteroatoms. The molecule has 1 aromatic heterocycles. The van der Waals surface area contributed by atoms with Crippen LogP contribution in [0.5, 0.6) is 0 Å². The molecule has 0 saturated heterocycles. The fourth-order valence-corrected chi connectivity index (χ4v) is 0.733. The summed E-state index contributed by atoms with van der Waals surface area (Å²) in [7, 11) is 1.78. The van der Waals surface area contributed by atoms with Crippen molar-refractivity contribution in [3.63, 3.8) is 0 Å². The third kappa shape index (κ3) is 1.13. The molecule has 0 spiro atoms. The van der Waals surface area contributed by atoms with Gasteiger partial charge in [-0.15, -0.1) is 5.10 Å². The zero-order valence-electron chi connectivity index (χ0n) is 6.15. The second-order valence-corrected chi connectivity index (χ2v) is 2.18. The fourth-order valence-electron chi connectivity index (χ4n) is 0.733. The van der Waals surface area contributed by atoms with Crippen LogP contribution in [-0.2, 0) is 7.05 Å². The maximum atomic E-state index is 5.68. The van der Waals surface area contributed by atoms with E-state index < -0.39 is 0 Å². The molecule has 0 radical (unpaired) electrons. The zero-order chi connectivity index (χ0) is 7.56. The summed E-state index contributed by atoms with van der Waals surface area (Å²) in [6.07, 6.45) is 0.855. The van der Waals surface area contributed by atoms with Crippen LogP contribution >= 0.6 is 0 Å². The number of hydrogen-bond donors (Lipinski definition) is 1. The van der Waals surface area contributed by atoms with E-state index >= 15 is 0 Å². The van der Waals surface area contributed by atoms with E-state index in [4.69, 9.17) is 5.73 Å². The van der Waals surface area contributed by atoms with E-state index in [1.54, 1.807) is 11.7 Å². The van der Waals surface area contributed by atoms with Crippen molar-refractivity contribution < 1.29 is 0 Å². The van der Waals surface area contributed by atoms with Gasteiger partial charge in [-0.25, -0.2) is 4.68 Å². The SMILES string of the molecule is CCC(N)c1nnnn1C. The molecule has 0 saturated carbocycles. The normalized spacial score (nSPS) is 13.5. The predicted molar refractivity (Wildman–Crippen MR) is 36.0 cm³/mol. The number of rotatable bonds is 2. The van der Waals surface area contributed by atoms with E-state index in [0.717, 1.165) is 12.2 Å². The first-order valence-corrected chi connectivity index (χ1v) is 3.23. The van der Waals surface area contributed by atoms with Gasteiger partial charge in [0.1, 0.15) is 0 Å². The van der Waals surface area contributed by atoms with Gasteiger partial charge in [-0.1, -0.05) is 6.92 Å². The Hall–Kier alpha value is -0.970. The molecule has 0 aromatic carbocycles. The van der Waals surface area contributed by atoms with Crippen molar-refractivity contribution in [1.82, 2.24) is 20.2 Å². The van der Waals surface area contributed by atoms with Gasteiger partial charge in [0.15, 0.2) is 5.82 Å². The lowest BCUT2D eigenvalue weighted by molar-refractivity contribution is 0.588. The summed E-state index contributed by atoms with van der Waals surface area (Å²) >= 11 is 0. The van der Waals surface area contributed by atoms with E-state index in [1.807, 2.05) is 6.92 Å². The van der Waals surface area contributed by atoms with E-state index in [9.17, 15) is 0 Å². The minimum Gasteiger partial charge on any atom is -0.321 e. The summed E-state index contributed by atoms with van der Waals surface area (Å²) < 4.78 is 1.59. The average molecular weight is 141 g/mol. The molecule has 56 valence electrons. The number of hydrogen-bond acceptors (Lipinski definition) is 4. The summed E-state index contributed by atoms with van der Waals surface area (Å²) in [5, 5.41) is 10.9. The Morgan fingerprint density at radius 3 is 2.80 bits per heavy atom. The van der Waals surface area contributed by atoms with Gasteiger partial charge in [-0.05, 0) is 16.8 Å². The number of tetrazole rings is 1. The summed E-state index contributed by atoms with van der Waals surface area (Å²) in [6, 6.07) is -0.0417. The first kappa shape index (κ1) is 7.14. The number of nitrogens with zero attached hydrogens (tertiary/aromatic N) is 4. The van der Waals surface area contributed by atoms with Crippen LogP contribution in [-0.4, -0.2) is 20.2 Å². The summed E-state index contributed by atoms with van der Waals surface area (Å²) in [5.41, 5.74) is 5.68. The Morgan fingerprint density at radius 2 is 2.40 bits per heavy atom. The summed E-state index contributed by atoms with van der Waals surface area (Å²) in [4.78, 5) is 0. The molecule has 1 aromatic rings. The lowest BCUT2D eigenvalue weighted by Gasteiger charge is -2.03. The quantitative estimate of drug-likeness (QED) is 0.609. The Labute approximate surface area is 59.2 Å². The molecule has 0 bridgehead atoms. The molecule has 10 heavy (non-hydrogen) atoms. The highest BCUT2D eigenvalue weighted by Gasteiger charge is 2.09. The van der Waals surface area contributed by atoms with E-state index in [0.29, 0.717) is 0 Å². The van der Waals surface area contributed by atoms with Gasteiger partial charge >= 0.3 is 0 Å². The first-order valence-electron chi connectivity index (χ1n) is 3.23. The summed E-state index contributed by atoms with van der Waals surface area (Å²) in [6.45, 7) is 2.00. The van der Waals surface area contributed by atoms with Crippen LogP contribution in [0.3, 0.4) is 0 Å². The number of aromatic nitrogens is 4. The largest absolute Gasteiger partial charge is 0.321 e. The molecule has 0 aliphatic heterocycles. The van der Waals surface area contributed by atoms with Crippen molar-refractivity contribution in [2.75, 3.05) is 0 Å². The van der Waals surface area contributed by atoms with E-state index in [1.165, 1.54) is 0 Å². The zero-order valence-corrected chi connectivity index (χ0v) is 6.15. The van der Waals surface area contributed by atoms with Gasteiger partial charge in [0, 0.05) is 7.05 Å². The third-order valence-corrected chi connectivity index (χ3v) is 1.42. The minimum atomic E-state index is -0.0417. The molecular formula is C5H11N5. The summed E-state index contributed by atoms with van der Waals surface area (Å²) in [5.74, 6) is 0.738. The standard InChI is InChI=1S/C5H11N5/c1-3-4(6)5-7-8-9-10(5)2/h4H,3,6H2,1-2H3. The lowest BCUT2D eigenvalue weighted by atomic mass is 10.2.